The van der Waals surface area contributed by atoms with Crippen LogP contribution in [0.5, 0.6) is 0 Å². The Labute approximate surface area is 269 Å². The van der Waals surface area contributed by atoms with Crippen LogP contribution >= 0.6 is 0 Å². The van der Waals surface area contributed by atoms with Crippen LogP contribution in [0.25, 0.3) is 17.2 Å². The third kappa shape index (κ3) is 7.43. The fraction of sp³-hybridized carbons (Fsp3) is 0.297. The summed E-state index contributed by atoms with van der Waals surface area (Å²) in [6.07, 6.45) is 6.62. The Morgan fingerprint density at radius 2 is 1.67 bits per heavy atom. The number of nitrogens with zero attached hydrogens (tertiary/aromatic N) is 2. The maximum absolute atomic E-state index is 14.0. The van der Waals surface area contributed by atoms with Crippen LogP contribution in [0.2, 0.25) is 0 Å². The van der Waals surface area contributed by atoms with E-state index in [1.165, 1.54) is 11.9 Å². The van der Waals surface area contributed by atoms with E-state index in [2.05, 4.69) is 36.2 Å². The van der Waals surface area contributed by atoms with Crippen molar-refractivity contribution in [2.24, 2.45) is 0 Å². The van der Waals surface area contributed by atoms with E-state index < -0.39 is 36.5 Å². The first-order valence-electron chi connectivity index (χ1n) is 15.5. The molecule has 238 valence electrons. The van der Waals surface area contributed by atoms with Crippen molar-refractivity contribution in [3.05, 3.63) is 114 Å². The van der Waals surface area contributed by atoms with Crippen LogP contribution in [0.4, 0.5) is 0 Å². The number of rotatable bonds is 12. The summed E-state index contributed by atoms with van der Waals surface area (Å²) < 4.78 is 5.73. The van der Waals surface area contributed by atoms with E-state index in [-0.39, 0.29) is 37.9 Å². The highest BCUT2D eigenvalue weighted by molar-refractivity contribution is 5.92. The molecule has 2 atom stereocenters. The van der Waals surface area contributed by atoms with Gasteiger partial charge in [0.15, 0.2) is 0 Å². The molecule has 1 heterocycles. The monoisotopic (exact) mass is 621 g/mol. The zero-order valence-electron chi connectivity index (χ0n) is 25.9. The normalized spacial score (nSPS) is 17.2. The molecule has 1 aliphatic heterocycles. The van der Waals surface area contributed by atoms with Gasteiger partial charge in [-0.2, -0.15) is 0 Å². The van der Waals surface area contributed by atoms with E-state index in [1.807, 2.05) is 60.7 Å². The molecule has 9 heteroatoms. The van der Waals surface area contributed by atoms with Crippen LogP contribution in [0.15, 0.2) is 91.5 Å². The number of nitrogens with one attached hydrogen (secondary N) is 1. The van der Waals surface area contributed by atoms with Crippen LogP contribution in [-0.4, -0.2) is 84.0 Å². The number of carboxylic acid groups (broad SMARTS) is 1. The lowest BCUT2D eigenvalue weighted by atomic mass is 9.98. The number of likely N-dealkylation sites (N-methyl/N-ethyl adjacent to an activating group) is 1. The topological polar surface area (TPSA) is 116 Å². The van der Waals surface area contributed by atoms with Crippen molar-refractivity contribution in [1.29, 1.82) is 0 Å². The van der Waals surface area contributed by atoms with Crippen molar-refractivity contribution in [2.45, 2.75) is 37.3 Å². The van der Waals surface area contributed by atoms with Gasteiger partial charge in [-0.3, -0.25) is 24.5 Å². The number of benzene rings is 3. The summed E-state index contributed by atoms with van der Waals surface area (Å²) >= 11 is 0. The number of amides is 2. The minimum atomic E-state index is -1.14. The van der Waals surface area contributed by atoms with Crippen LogP contribution in [-0.2, 0) is 30.3 Å². The fourth-order valence-electron chi connectivity index (χ4n) is 6.21. The van der Waals surface area contributed by atoms with E-state index >= 15 is 0 Å². The molecule has 1 aliphatic carbocycles. The Balaban J connectivity index is 1.28. The Morgan fingerprint density at radius 3 is 2.30 bits per heavy atom. The summed E-state index contributed by atoms with van der Waals surface area (Å²) in [6.45, 7) is 3.54. The first-order valence-corrected chi connectivity index (χ1v) is 15.5. The number of fused-ring (bicyclic) bond motifs is 3. The molecule has 3 aromatic rings. The van der Waals surface area contributed by atoms with Crippen molar-refractivity contribution in [3.63, 3.8) is 0 Å². The van der Waals surface area contributed by atoms with Gasteiger partial charge in [0.2, 0.25) is 11.8 Å². The van der Waals surface area contributed by atoms with E-state index in [0.717, 1.165) is 38.3 Å². The number of ether oxygens (including phenoxy) is 1. The zero-order chi connectivity index (χ0) is 32.6. The van der Waals surface area contributed by atoms with Gasteiger partial charge in [-0.1, -0.05) is 97.6 Å². The summed E-state index contributed by atoms with van der Waals surface area (Å²) in [5.41, 5.74) is 6.24. The van der Waals surface area contributed by atoms with E-state index in [1.54, 1.807) is 6.08 Å². The molecule has 0 saturated heterocycles. The fourth-order valence-corrected chi connectivity index (χ4v) is 6.21. The quantitative estimate of drug-likeness (QED) is 0.229. The number of carbonyl (C=O) groups is 4. The first kappa shape index (κ1) is 32.4. The average Bonchev–Trinajstić information content (AvgIpc) is 3.38. The van der Waals surface area contributed by atoms with Crippen molar-refractivity contribution >= 4 is 29.8 Å². The lowest BCUT2D eigenvalue weighted by molar-refractivity contribution is -0.150. The molecule has 46 heavy (non-hydrogen) atoms. The molecule has 9 nitrogen and oxygen atoms in total. The molecule has 0 fully saturated rings. The third-order valence-electron chi connectivity index (χ3n) is 8.58. The third-order valence-corrected chi connectivity index (χ3v) is 8.58. The molecule has 5 rings (SSSR count). The van der Waals surface area contributed by atoms with Crippen molar-refractivity contribution in [2.75, 3.05) is 33.3 Å². The molecule has 2 N–H and O–H groups in total. The van der Waals surface area contributed by atoms with Crippen LogP contribution < -0.4 is 5.32 Å². The van der Waals surface area contributed by atoms with Crippen molar-refractivity contribution in [3.8, 4) is 11.1 Å². The molecule has 0 bridgehead atoms. The van der Waals surface area contributed by atoms with Gasteiger partial charge < -0.3 is 19.6 Å². The Morgan fingerprint density at radius 1 is 1.02 bits per heavy atom. The highest BCUT2D eigenvalue weighted by atomic mass is 16.5. The van der Waals surface area contributed by atoms with Gasteiger partial charge in [0.25, 0.3) is 0 Å². The second kappa shape index (κ2) is 14.8. The number of carboxylic acids is 1. The summed E-state index contributed by atoms with van der Waals surface area (Å²) in [5, 5.41) is 12.4. The number of carbonyl (C=O) groups excluding carboxylic acids is 3. The number of hydrogen-bond acceptors (Lipinski definition) is 6. The second-order valence-electron chi connectivity index (χ2n) is 11.6. The van der Waals surface area contributed by atoms with Gasteiger partial charge in [0.1, 0.15) is 19.2 Å². The van der Waals surface area contributed by atoms with Gasteiger partial charge in [-0.15, -0.1) is 0 Å². The Kier molecular flexibility index (Phi) is 10.4. The Bertz CT molecular complexity index is 1590. The maximum atomic E-state index is 14.0. The highest BCUT2D eigenvalue weighted by Gasteiger charge is 2.36. The van der Waals surface area contributed by atoms with Gasteiger partial charge >= 0.3 is 11.9 Å². The summed E-state index contributed by atoms with van der Waals surface area (Å²) in [4.78, 5) is 54.7. The second-order valence-corrected chi connectivity index (χ2v) is 11.6. The summed E-state index contributed by atoms with van der Waals surface area (Å²) in [7, 11) is 1.42. The Hall–Kier alpha value is -5.02. The molecule has 0 aromatic heterocycles. The molecule has 0 radical (unpaired) electrons. The predicted molar refractivity (Wildman–Crippen MR) is 176 cm³/mol. The van der Waals surface area contributed by atoms with E-state index in [9.17, 15) is 24.3 Å². The highest BCUT2D eigenvalue weighted by Crippen LogP contribution is 2.44. The molecular formula is C37H39N3O6. The van der Waals surface area contributed by atoms with Gasteiger partial charge in [0, 0.05) is 25.9 Å². The molecule has 0 spiro atoms. The largest absolute Gasteiger partial charge is 0.480 e. The molecule has 2 amide bonds. The van der Waals surface area contributed by atoms with Gasteiger partial charge in [0.05, 0.1) is 12.6 Å². The maximum Gasteiger partial charge on any atom is 0.323 e. The van der Waals surface area contributed by atoms with Gasteiger partial charge in [-0.25, -0.2) is 0 Å². The zero-order valence-corrected chi connectivity index (χ0v) is 25.9. The minimum absolute atomic E-state index is 0.0760. The number of aliphatic carboxylic acids is 1. The smallest absolute Gasteiger partial charge is 0.323 e. The van der Waals surface area contributed by atoms with Crippen LogP contribution in [0.3, 0.4) is 0 Å². The molecule has 2 aliphatic rings. The van der Waals surface area contributed by atoms with Crippen molar-refractivity contribution in [1.82, 2.24) is 15.1 Å². The molecule has 3 aromatic carbocycles. The van der Waals surface area contributed by atoms with Crippen molar-refractivity contribution < 1.29 is 29.0 Å². The lowest BCUT2D eigenvalue weighted by Crippen LogP contribution is -2.57. The number of esters is 1. The number of hydrogen-bond donors (Lipinski definition) is 2. The molecule has 0 saturated carbocycles. The standard InChI is InChI=1S/C37H39N3O6/c1-3-25-16-18-26(19-17-25)21-33(37(45)39(2)23-34(41)42)40-20-10-4-5-15-32(36(40)44)38-22-35(43)46-24-31-29-13-8-6-11-27(29)28-12-7-9-14-30(28)31/h3-9,11-14,16-19,31-33,38H,1,10,15,20-24H2,2H3,(H,41,42)/b5-4-/t32-,33-/m0/s1. The first-order chi connectivity index (χ1) is 22.3. The van der Waals surface area contributed by atoms with E-state index in [0.29, 0.717) is 12.8 Å². The van der Waals surface area contributed by atoms with Crippen LogP contribution in [0, 0.1) is 0 Å². The average molecular weight is 622 g/mol. The minimum Gasteiger partial charge on any atom is -0.480 e. The molecule has 0 unspecified atom stereocenters. The van der Waals surface area contributed by atoms with Gasteiger partial charge in [-0.05, 0) is 46.2 Å². The summed E-state index contributed by atoms with van der Waals surface area (Å²) in [6, 6.07) is 22.0. The molecular weight excluding hydrogens is 582 g/mol. The van der Waals surface area contributed by atoms with Crippen LogP contribution in [0.1, 0.15) is 41.0 Å². The lowest BCUT2D eigenvalue weighted by Gasteiger charge is -2.36. The SMILES string of the molecule is C=Cc1ccc(C[C@@H](C(=O)N(C)CC(=O)O)N2CC/C=C\C[C@H](NCC(=O)OCC3c4ccccc4-c4ccccc43)C2=O)cc1. The summed E-state index contributed by atoms with van der Waals surface area (Å²) in [5.74, 6) is -2.50. The predicted octanol–water partition coefficient (Wildman–Crippen LogP) is 4.28. The van der Waals surface area contributed by atoms with E-state index in [4.69, 9.17) is 4.74 Å².